The van der Waals surface area contributed by atoms with Crippen LogP contribution < -0.4 is 15.0 Å². The molecule has 0 spiro atoms. The molecule has 0 atom stereocenters. The third-order valence-electron chi connectivity index (χ3n) is 5.06. The van der Waals surface area contributed by atoms with Crippen LogP contribution in [0, 0.1) is 5.92 Å². The second-order valence-electron chi connectivity index (χ2n) is 7.04. The zero-order chi connectivity index (χ0) is 20.2. The summed E-state index contributed by atoms with van der Waals surface area (Å²) in [6.45, 7) is 3.96. The van der Waals surface area contributed by atoms with Crippen LogP contribution in [-0.4, -0.2) is 35.6 Å². The highest BCUT2D eigenvalue weighted by Gasteiger charge is 2.28. The van der Waals surface area contributed by atoms with Crippen molar-refractivity contribution in [3.05, 3.63) is 53.0 Å². The van der Waals surface area contributed by atoms with Crippen molar-refractivity contribution >= 4 is 44.4 Å². The summed E-state index contributed by atoms with van der Waals surface area (Å²) >= 11 is 3.44. The van der Waals surface area contributed by atoms with E-state index in [-0.39, 0.29) is 11.8 Å². The summed E-state index contributed by atoms with van der Waals surface area (Å²) in [7, 11) is 0. The van der Waals surface area contributed by atoms with E-state index in [1.165, 1.54) is 0 Å². The first-order valence-corrected chi connectivity index (χ1v) is 10.6. The van der Waals surface area contributed by atoms with Crippen molar-refractivity contribution in [3.63, 3.8) is 0 Å². The van der Waals surface area contributed by atoms with E-state index >= 15 is 0 Å². The fourth-order valence-electron chi connectivity index (χ4n) is 3.58. The van der Waals surface area contributed by atoms with Gasteiger partial charge in [-0.1, -0.05) is 34.1 Å². The quantitative estimate of drug-likeness (QED) is 0.607. The Balaban J connectivity index is 1.46. The van der Waals surface area contributed by atoms with Gasteiger partial charge in [-0.15, -0.1) is 0 Å². The van der Waals surface area contributed by atoms with Crippen molar-refractivity contribution in [2.24, 2.45) is 5.92 Å². The predicted octanol–water partition coefficient (Wildman–Crippen LogP) is 4.65. The Morgan fingerprint density at radius 2 is 1.86 bits per heavy atom. The van der Waals surface area contributed by atoms with Gasteiger partial charge in [0.2, 0.25) is 5.91 Å². The number of piperidine rings is 1. The lowest BCUT2D eigenvalue weighted by Gasteiger charge is -2.32. The van der Waals surface area contributed by atoms with Gasteiger partial charge in [0.25, 0.3) is 5.88 Å². The minimum absolute atomic E-state index is 0.0193. The van der Waals surface area contributed by atoms with Crippen LogP contribution in [0.5, 0.6) is 5.88 Å². The number of fused-ring (bicyclic) bond motifs is 1. The molecule has 0 saturated carbocycles. The number of amides is 1. The average Bonchev–Trinajstić information content (AvgIpc) is 2.74. The minimum atomic E-state index is -0.0193. The Labute approximate surface area is 178 Å². The number of halogens is 1. The van der Waals surface area contributed by atoms with Crippen molar-refractivity contribution in [1.82, 2.24) is 9.97 Å². The van der Waals surface area contributed by atoms with E-state index in [1.54, 1.807) is 0 Å². The summed E-state index contributed by atoms with van der Waals surface area (Å²) in [4.78, 5) is 24.3. The molecule has 2 heterocycles. The van der Waals surface area contributed by atoms with E-state index in [4.69, 9.17) is 9.72 Å². The number of nitrogens with zero attached hydrogens (tertiary/aromatic N) is 3. The Hall–Kier alpha value is -2.67. The number of aromatic nitrogens is 2. The lowest BCUT2D eigenvalue weighted by molar-refractivity contribution is -0.120. The fraction of sp³-hybridized carbons (Fsp3) is 0.318. The normalized spacial score (nSPS) is 14.8. The molecule has 1 saturated heterocycles. The summed E-state index contributed by atoms with van der Waals surface area (Å²) in [5, 5.41) is 3.02. The number of carbonyl (C=O) groups excluding carboxylic acids is 1. The topological polar surface area (TPSA) is 67.4 Å². The molecule has 3 aromatic rings. The molecule has 1 fully saturated rings. The molecule has 6 nitrogen and oxygen atoms in total. The number of ether oxygens (including phenoxy) is 1. The molecule has 0 bridgehead atoms. The molecule has 7 heteroatoms. The maximum absolute atomic E-state index is 12.7. The molecule has 4 rings (SSSR count). The first kappa shape index (κ1) is 19.6. The minimum Gasteiger partial charge on any atom is -0.475 e. The molecular formula is C22H23BrN4O2. The van der Waals surface area contributed by atoms with E-state index < -0.39 is 0 Å². The molecule has 2 aromatic carbocycles. The van der Waals surface area contributed by atoms with Crippen molar-refractivity contribution in [2.45, 2.75) is 19.8 Å². The Kier molecular flexibility index (Phi) is 5.94. The van der Waals surface area contributed by atoms with Gasteiger partial charge in [-0.2, -0.15) is 0 Å². The molecule has 1 N–H and O–H groups in total. The van der Waals surface area contributed by atoms with Gasteiger partial charge in [0.05, 0.1) is 17.6 Å². The largest absolute Gasteiger partial charge is 0.475 e. The SMILES string of the molecule is CCOc1nc2ccccc2nc1N1CCC(C(=O)Nc2cccc(Br)c2)CC1. The maximum atomic E-state index is 12.7. The predicted molar refractivity (Wildman–Crippen MR) is 118 cm³/mol. The monoisotopic (exact) mass is 454 g/mol. The zero-order valence-corrected chi connectivity index (χ0v) is 17.9. The highest BCUT2D eigenvalue weighted by molar-refractivity contribution is 9.10. The number of para-hydroxylation sites is 2. The van der Waals surface area contributed by atoms with Crippen LogP contribution in [0.4, 0.5) is 11.5 Å². The van der Waals surface area contributed by atoms with Gasteiger partial charge in [-0.05, 0) is 50.1 Å². The number of anilines is 2. The summed E-state index contributed by atoms with van der Waals surface area (Å²) in [5.41, 5.74) is 2.48. The Morgan fingerprint density at radius 3 is 2.55 bits per heavy atom. The first-order chi connectivity index (χ1) is 14.1. The van der Waals surface area contributed by atoms with Gasteiger partial charge in [-0.3, -0.25) is 4.79 Å². The van der Waals surface area contributed by atoms with Gasteiger partial charge in [0.15, 0.2) is 5.82 Å². The van der Waals surface area contributed by atoms with Crippen LogP contribution in [-0.2, 0) is 4.79 Å². The maximum Gasteiger partial charge on any atom is 0.258 e. The molecule has 1 aliphatic rings. The Bertz CT molecular complexity index is 1020. The number of rotatable bonds is 5. The highest BCUT2D eigenvalue weighted by Crippen LogP contribution is 2.31. The molecule has 1 amide bonds. The molecule has 0 aliphatic carbocycles. The number of hydrogen-bond donors (Lipinski definition) is 1. The van der Waals surface area contributed by atoms with Gasteiger partial charge >= 0.3 is 0 Å². The standard InChI is InChI=1S/C22H23BrN4O2/c1-2-29-22-20(25-18-8-3-4-9-19(18)26-22)27-12-10-15(11-13-27)21(28)24-17-7-5-6-16(23)14-17/h3-9,14-15H,2,10-13H2,1H3,(H,24,28). The van der Waals surface area contributed by atoms with E-state index in [0.717, 1.165) is 52.9 Å². The molecular weight excluding hydrogens is 432 g/mol. The van der Waals surface area contributed by atoms with Gasteiger partial charge in [-0.25, -0.2) is 9.97 Å². The van der Waals surface area contributed by atoms with Crippen LogP contribution >= 0.6 is 15.9 Å². The lowest BCUT2D eigenvalue weighted by atomic mass is 9.96. The van der Waals surface area contributed by atoms with Crippen LogP contribution in [0.25, 0.3) is 11.0 Å². The molecule has 150 valence electrons. The number of benzene rings is 2. The molecule has 0 unspecified atom stereocenters. The van der Waals surface area contributed by atoms with E-state index in [2.05, 4.69) is 31.1 Å². The fourth-order valence-corrected chi connectivity index (χ4v) is 3.98. The Morgan fingerprint density at radius 1 is 1.14 bits per heavy atom. The number of hydrogen-bond acceptors (Lipinski definition) is 5. The van der Waals surface area contributed by atoms with Crippen molar-refractivity contribution in [1.29, 1.82) is 0 Å². The second-order valence-corrected chi connectivity index (χ2v) is 7.95. The van der Waals surface area contributed by atoms with Crippen molar-refractivity contribution < 1.29 is 9.53 Å². The highest BCUT2D eigenvalue weighted by atomic mass is 79.9. The summed E-state index contributed by atoms with van der Waals surface area (Å²) in [5.74, 6) is 1.37. The summed E-state index contributed by atoms with van der Waals surface area (Å²) in [6, 6.07) is 15.5. The lowest BCUT2D eigenvalue weighted by Crippen LogP contribution is -2.38. The smallest absolute Gasteiger partial charge is 0.258 e. The molecule has 0 radical (unpaired) electrons. The van der Waals surface area contributed by atoms with E-state index in [0.29, 0.717) is 12.5 Å². The first-order valence-electron chi connectivity index (χ1n) is 9.85. The van der Waals surface area contributed by atoms with E-state index in [9.17, 15) is 4.79 Å². The number of nitrogens with one attached hydrogen (secondary N) is 1. The van der Waals surface area contributed by atoms with Crippen molar-refractivity contribution in [3.8, 4) is 5.88 Å². The molecule has 29 heavy (non-hydrogen) atoms. The van der Waals surface area contributed by atoms with Gasteiger partial charge in [0, 0.05) is 29.2 Å². The van der Waals surface area contributed by atoms with E-state index in [1.807, 2.05) is 55.5 Å². The van der Waals surface area contributed by atoms with Crippen LogP contribution in [0.2, 0.25) is 0 Å². The average molecular weight is 455 g/mol. The third kappa shape index (κ3) is 4.50. The summed E-state index contributed by atoms with van der Waals surface area (Å²) in [6.07, 6.45) is 1.53. The van der Waals surface area contributed by atoms with Crippen LogP contribution in [0.15, 0.2) is 53.0 Å². The van der Waals surface area contributed by atoms with Crippen LogP contribution in [0.3, 0.4) is 0 Å². The molecule has 1 aromatic heterocycles. The summed E-state index contributed by atoms with van der Waals surface area (Å²) < 4.78 is 6.71. The van der Waals surface area contributed by atoms with Crippen molar-refractivity contribution in [2.75, 3.05) is 29.9 Å². The zero-order valence-electron chi connectivity index (χ0n) is 16.3. The number of carbonyl (C=O) groups is 1. The molecule has 1 aliphatic heterocycles. The van der Waals surface area contributed by atoms with Gasteiger partial charge in [0.1, 0.15) is 0 Å². The third-order valence-corrected chi connectivity index (χ3v) is 5.55. The van der Waals surface area contributed by atoms with Crippen LogP contribution in [0.1, 0.15) is 19.8 Å². The van der Waals surface area contributed by atoms with Gasteiger partial charge < -0.3 is 15.0 Å². The second kappa shape index (κ2) is 8.78.